The summed E-state index contributed by atoms with van der Waals surface area (Å²) in [6.45, 7) is 0. The summed E-state index contributed by atoms with van der Waals surface area (Å²) in [5.74, 6) is -2.60. The first kappa shape index (κ1) is 23.6. The lowest BCUT2D eigenvalue weighted by molar-refractivity contribution is -0.132. The van der Waals surface area contributed by atoms with E-state index in [0.717, 1.165) is 4.90 Å². The van der Waals surface area contributed by atoms with Crippen LogP contribution in [0.2, 0.25) is 10.0 Å². The van der Waals surface area contributed by atoms with Gasteiger partial charge in [0.1, 0.15) is 23.1 Å². The molecule has 4 rings (SSSR count). The van der Waals surface area contributed by atoms with E-state index in [-0.39, 0.29) is 38.2 Å². The van der Waals surface area contributed by atoms with Gasteiger partial charge in [-0.25, -0.2) is 4.39 Å². The summed E-state index contributed by atoms with van der Waals surface area (Å²) in [7, 11) is 2.82. The topological polar surface area (TPSA) is 76.1 Å². The van der Waals surface area contributed by atoms with Gasteiger partial charge < -0.3 is 14.6 Å². The third kappa shape index (κ3) is 3.97. The lowest BCUT2D eigenvalue weighted by Gasteiger charge is -2.26. The van der Waals surface area contributed by atoms with Crippen LogP contribution in [0.1, 0.15) is 17.2 Å². The van der Waals surface area contributed by atoms with E-state index >= 15 is 0 Å². The van der Waals surface area contributed by atoms with Crippen LogP contribution < -0.4 is 14.4 Å². The maximum absolute atomic E-state index is 15.0. The number of hydrogen-bond acceptors (Lipinski definition) is 5. The number of methoxy groups -OCH3 is 2. The molecule has 0 aliphatic carbocycles. The van der Waals surface area contributed by atoms with Crippen molar-refractivity contribution in [2.24, 2.45) is 0 Å². The SMILES string of the molecule is COc1ccc(N2C(=O)C(=O)/C(=C(/O)c3cc(Cl)ccc3OC)C2c2ccccc2F)cc1Cl. The minimum atomic E-state index is -1.28. The first-order chi connectivity index (χ1) is 16.3. The maximum atomic E-state index is 15.0. The third-order valence-corrected chi connectivity index (χ3v) is 6.00. The Morgan fingerprint density at radius 3 is 2.29 bits per heavy atom. The fraction of sp³-hybridized carbons (Fsp3) is 0.120. The number of anilines is 1. The van der Waals surface area contributed by atoms with Crippen LogP contribution in [-0.4, -0.2) is 31.0 Å². The third-order valence-electron chi connectivity index (χ3n) is 5.47. The first-order valence-electron chi connectivity index (χ1n) is 10.0. The molecule has 1 aliphatic rings. The minimum Gasteiger partial charge on any atom is -0.507 e. The number of aliphatic hydroxyl groups excluding tert-OH is 1. The predicted molar refractivity (Wildman–Crippen MR) is 127 cm³/mol. The second-order valence-corrected chi connectivity index (χ2v) is 8.20. The molecule has 9 heteroatoms. The molecule has 1 atom stereocenters. The molecule has 1 N–H and O–H groups in total. The number of halogens is 3. The maximum Gasteiger partial charge on any atom is 0.300 e. The van der Waals surface area contributed by atoms with E-state index in [0.29, 0.717) is 5.75 Å². The Morgan fingerprint density at radius 2 is 1.65 bits per heavy atom. The van der Waals surface area contributed by atoms with Crippen molar-refractivity contribution in [3.05, 3.63) is 93.2 Å². The molecule has 1 unspecified atom stereocenters. The van der Waals surface area contributed by atoms with Gasteiger partial charge in [-0.1, -0.05) is 41.4 Å². The Morgan fingerprint density at radius 1 is 0.971 bits per heavy atom. The monoisotopic (exact) mass is 501 g/mol. The van der Waals surface area contributed by atoms with Crippen LogP contribution in [0, 0.1) is 5.82 Å². The van der Waals surface area contributed by atoms with E-state index < -0.39 is 29.3 Å². The van der Waals surface area contributed by atoms with Crippen LogP contribution >= 0.6 is 23.2 Å². The Balaban J connectivity index is 2.00. The highest BCUT2D eigenvalue weighted by atomic mass is 35.5. The lowest BCUT2D eigenvalue weighted by atomic mass is 9.94. The van der Waals surface area contributed by atoms with Gasteiger partial charge in [0.15, 0.2) is 0 Å². The van der Waals surface area contributed by atoms with Crippen LogP contribution in [-0.2, 0) is 9.59 Å². The van der Waals surface area contributed by atoms with Crippen LogP contribution in [0.4, 0.5) is 10.1 Å². The first-order valence-corrected chi connectivity index (χ1v) is 10.8. The summed E-state index contributed by atoms with van der Waals surface area (Å²) in [4.78, 5) is 27.5. The smallest absolute Gasteiger partial charge is 0.300 e. The van der Waals surface area contributed by atoms with Crippen LogP contribution in [0.15, 0.2) is 66.2 Å². The van der Waals surface area contributed by atoms with Gasteiger partial charge in [0, 0.05) is 16.3 Å². The second-order valence-electron chi connectivity index (χ2n) is 7.35. The highest BCUT2D eigenvalue weighted by Gasteiger charge is 2.48. The van der Waals surface area contributed by atoms with Crippen molar-refractivity contribution in [3.63, 3.8) is 0 Å². The van der Waals surface area contributed by atoms with Gasteiger partial charge in [-0.05, 0) is 42.5 Å². The van der Waals surface area contributed by atoms with Gasteiger partial charge in [-0.2, -0.15) is 0 Å². The number of ketones is 1. The van der Waals surface area contributed by atoms with Crippen molar-refractivity contribution in [3.8, 4) is 11.5 Å². The number of carbonyl (C=O) groups excluding carboxylic acids is 2. The molecule has 6 nitrogen and oxygen atoms in total. The largest absolute Gasteiger partial charge is 0.507 e. The van der Waals surface area contributed by atoms with Crippen molar-refractivity contribution in [2.45, 2.75) is 6.04 Å². The molecule has 1 saturated heterocycles. The van der Waals surface area contributed by atoms with Crippen molar-refractivity contribution < 1.29 is 28.6 Å². The number of Topliss-reactive ketones (excluding diaryl/α,β-unsaturated/α-hetero) is 1. The average molecular weight is 502 g/mol. The molecule has 1 fully saturated rings. The van der Waals surface area contributed by atoms with Crippen LogP contribution in [0.3, 0.4) is 0 Å². The zero-order valence-electron chi connectivity index (χ0n) is 18.0. The Kier molecular flexibility index (Phi) is 6.50. The van der Waals surface area contributed by atoms with Crippen LogP contribution in [0.5, 0.6) is 11.5 Å². The summed E-state index contributed by atoms with van der Waals surface area (Å²) < 4.78 is 25.4. The molecule has 0 saturated carbocycles. The zero-order chi connectivity index (χ0) is 24.6. The highest BCUT2D eigenvalue weighted by molar-refractivity contribution is 6.52. The zero-order valence-corrected chi connectivity index (χ0v) is 19.5. The second kappa shape index (κ2) is 9.37. The van der Waals surface area contributed by atoms with Crippen molar-refractivity contribution in [1.29, 1.82) is 0 Å². The van der Waals surface area contributed by atoms with E-state index in [1.165, 1.54) is 62.8 Å². The normalized spacial score (nSPS) is 17.2. The minimum absolute atomic E-state index is 0.0104. The number of ether oxygens (including phenoxy) is 2. The Labute approximate surface area is 204 Å². The summed E-state index contributed by atoms with van der Waals surface area (Å²) in [5, 5.41) is 11.7. The fourth-order valence-corrected chi connectivity index (χ4v) is 4.33. The summed E-state index contributed by atoms with van der Waals surface area (Å²) in [6, 6.07) is 13.3. The molecule has 0 bridgehead atoms. The lowest BCUT2D eigenvalue weighted by Crippen LogP contribution is -2.29. The number of benzene rings is 3. The number of rotatable bonds is 5. The van der Waals surface area contributed by atoms with E-state index in [2.05, 4.69) is 0 Å². The summed E-state index contributed by atoms with van der Waals surface area (Å²) in [6.07, 6.45) is 0. The van der Waals surface area contributed by atoms with Gasteiger partial charge >= 0.3 is 0 Å². The van der Waals surface area contributed by atoms with E-state index in [9.17, 15) is 19.1 Å². The molecule has 1 amide bonds. The van der Waals surface area contributed by atoms with Gasteiger partial charge in [0.25, 0.3) is 11.7 Å². The fourth-order valence-electron chi connectivity index (χ4n) is 3.91. The molecule has 3 aromatic rings. The molecule has 0 radical (unpaired) electrons. The molecule has 1 aliphatic heterocycles. The van der Waals surface area contributed by atoms with Crippen molar-refractivity contribution in [1.82, 2.24) is 0 Å². The van der Waals surface area contributed by atoms with Gasteiger partial charge in [-0.15, -0.1) is 0 Å². The Hall–Kier alpha value is -3.55. The number of hydrogen-bond donors (Lipinski definition) is 1. The van der Waals surface area contributed by atoms with E-state index in [1.807, 2.05) is 0 Å². The number of nitrogens with zero attached hydrogens (tertiary/aromatic N) is 1. The molecule has 1 heterocycles. The molecule has 174 valence electrons. The summed E-state index contributed by atoms with van der Waals surface area (Å²) >= 11 is 12.4. The highest BCUT2D eigenvalue weighted by Crippen LogP contribution is 2.45. The summed E-state index contributed by atoms with van der Waals surface area (Å²) in [5.41, 5.74) is -0.000780. The Bertz CT molecular complexity index is 1340. The molecule has 0 aromatic heterocycles. The van der Waals surface area contributed by atoms with E-state index in [1.54, 1.807) is 12.1 Å². The van der Waals surface area contributed by atoms with Crippen LogP contribution in [0.25, 0.3) is 5.76 Å². The number of amides is 1. The van der Waals surface area contributed by atoms with E-state index in [4.69, 9.17) is 32.7 Å². The van der Waals surface area contributed by atoms with Gasteiger partial charge in [0.2, 0.25) is 0 Å². The van der Waals surface area contributed by atoms with Gasteiger partial charge in [0.05, 0.1) is 36.4 Å². The molecule has 0 spiro atoms. The molecule has 3 aromatic carbocycles. The van der Waals surface area contributed by atoms with Crippen molar-refractivity contribution >= 4 is 46.3 Å². The average Bonchev–Trinajstić information content (AvgIpc) is 3.09. The standard InChI is InChI=1S/C25H18Cl2FNO5/c1-33-19-9-7-13(26)11-16(19)23(30)21-22(15-5-3-4-6-18(15)28)29(25(32)24(21)31)14-8-10-20(34-2)17(27)12-14/h3-12,22,30H,1-2H3/b23-21+. The predicted octanol–water partition coefficient (Wildman–Crippen LogP) is 5.78. The van der Waals surface area contributed by atoms with Crippen molar-refractivity contribution in [2.75, 3.05) is 19.1 Å². The molecular weight excluding hydrogens is 484 g/mol. The quantitative estimate of drug-likeness (QED) is 0.272. The molecule has 34 heavy (non-hydrogen) atoms. The number of carbonyl (C=O) groups is 2. The van der Waals surface area contributed by atoms with Gasteiger partial charge in [-0.3, -0.25) is 14.5 Å². The molecular formula is C25H18Cl2FNO5. The number of aliphatic hydroxyl groups is 1.